The normalized spacial score (nSPS) is 12.0. The highest BCUT2D eigenvalue weighted by Crippen LogP contribution is 2.22. The van der Waals surface area contributed by atoms with Crippen molar-refractivity contribution >= 4 is 5.69 Å². The number of hydrogen-bond donors (Lipinski definition) is 1. The fourth-order valence-corrected chi connectivity index (χ4v) is 2.11. The minimum absolute atomic E-state index is 0.508. The van der Waals surface area contributed by atoms with Gasteiger partial charge >= 0.3 is 0 Å². The zero-order valence-corrected chi connectivity index (χ0v) is 12.2. The van der Waals surface area contributed by atoms with Gasteiger partial charge in [-0.3, -0.25) is 0 Å². The van der Waals surface area contributed by atoms with Crippen molar-refractivity contribution in [3.8, 4) is 5.75 Å². The Kier molecular flexibility index (Phi) is 4.64. The van der Waals surface area contributed by atoms with E-state index in [-0.39, 0.29) is 0 Å². The van der Waals surface area contributed by atoms with Crippen molar-refractivity contribution in [3.63, 3.8) is 0 Å². The maximum atomic E-state index is 10.3. The van der Waals surface area contributed by atoms with Crippen LogP contribution >= 0.6 is 0 Å². The van der Waals surface area contributed by atoms with Gasteiger partial charge in [-0.25, -0.2) is 0 Å². The Hall–Kier alpha value is -2.00. The maximum Gasteiger partial charge on any atom is 0.120 e. The van der Waals surface area contributed by atoms with Crippen LogP contribution in [0.15, 0.2) is 48.5 Å². The van der Waals surface area contributed by atoms with E-state index in [4.69, 9.17) is 4.74 Å². The van der Waals surface area contributed by atoms with Gasteiger partial charge < -0.3 is 14.7 Å². The Morgan fingerprint density at radius 1 is 1.15 bits per heavy atom. The van der Waals surface area contributed by atoms with Crippen LogP contribution in [-0.2, 0) is 0 Å². The Bertz CT molecular complexity index is 551. The number of hydrogen-bond acceptors (Lipinski definition) is 3. The van der Waals surface area contributed by atoms with Crippen molar-refractivity contribution in [3.05, 3.63) is 59.7 Å². The van der Waals surface area contributed by atoms with Gasteiger partial charge in [-0.1, -0.05) is 35.9 Å². The molecule has 20 heavy (non-hydrogen) atoms. The summed E-state index contributed by atoms with van der Waals surface area (Å²) in [6.45, 7) is 2.58. The first-order chi connectivity index (χ1) is 9.60. The summed E-state index contributed by atoms with van der Waals surface area (Å²) in [7, 11) is 3.62. The molecule has 0 bridgehead atoms. The monoisotopic (exact) mass is 271 g/mol. The smallest absolute Gasteiger partial charge is 0.120 e. The summed E-state index contributed by atoms with van der Waals surface area (Å²) in [5, 5.41) is 10.3. The molecule has 0 fully saturated rings. The van der Waals surface area contributed by atoms with Crippen LogP contribution in [0.1, 0.15) is 17.2 Å². The van der Waals surface area contributed by atoms with Crippen molar-refractivity contribution in [2.45, 2.75) is 13.0 Å². The fraction of sp³-hybridized carbons (Fsp3) is 0.294. The highest BCUT2D eigenvalue weighted by molar-refractivity contribution is 5.50. The van der Waals surface area contributed by atoms with Crippen LogP contribution in [0.5, 0.6) is 5.75 Å². The highest BCUT2D eigenvalue weighted by atomic mass is 16.5. The molecule has 3 nitrogen and oxygen atoms in total. The highest BCUT2D eigenvalue weighted by Gasteiger charge is 2.11. The molecular formula is C17H21NO2. The van der Waals surface area contributed by atoms with E-state index < -0.39 is 6.10 Å². The largest absolute Gasteiger partial charge is 0.497 e. The number of likely N-dealkylation sites (N-methyl/N-ethyl adjacent to an activating group) is 1. The molecule has 0 saturated carbocycles. The zero-order chi connectivity index (χ0) is 14.5. The Labute approximate surface area is 120 Å². The number of rotatable bonds is 5. The third-order valence-corrected chi connectivity index (χ3v) is 3.40. The van der Waals surface area contributed by atoms with E-state index in [0.29, 0.717) is 6.54 Å². The van der Waals surface area contributed by atoms with Crippen molar-refractivity contribution in [2.75, 3.05) is 25.6 Å². The van der Waals surface area contributed by atoms with Crippen molar-refractivity contribution in [1.82, 2.24) is 0 Å². The van der Waals surface area contributed by atoms with Crippen molar-refractivity contribution in [2.24, 2.45) is 0 Å². The predicted molar refractivity (Wildman–Crippen MR) is 82.4 cm³/mol. The molecule has 0 radical (unpaired) electrons. The summed E-state index contributed by atoms with van der Waals surface area (Å²) in [4.78, 5) is 2.02. The lowest BCUT2D eigenvalue weighted by Crippen LogP contribution is -2.24. The van der Waals surface area contributed by atoms with Gasteiger partial charge in [0.25, 0.3) is 0 Å². The first kappa shape index (κ1) is 14.4. The van der Waals surface area contributed by atoms with E-state index in [1.165, 1.54) is 5.56 Å². The van der Waals surface area contributed by atoms with Gasteiger partial charge in [0.2, 0.25) is 0 Å². The molecule has 0 heterocycles. The van der Waals surface area contributed by atoms with E-state index in [0.717, 1.165) is 17.0 Å². The molecule has 3 heteroatoms. The summed E-state index contributed by atoms with van der Waals surface area (Å²) in [5.74, 6) is 0.819. The number of benzene rings is 2. The number of aryl methyl sites for hydroxylation is 1. The summed E-state index contributed by atoms with van der Waals surface area (Å²) < 4.78 is 5.22. The third kappa shape index (κ3) is 3.52. The molecular weight excluding hydrogens is 250 g/mol. The first-order valence-corrected chi connectivity index (χ1v) is 6.70. The second-order valence-corrected chi connectivity index (χ2v) is 5.01. The summed E-state index contributed by atoms with van der Waals surface area (Å²) in [5.41, 5.74) is 3.16. The predicted octanol–water partition coefficient (Wildman–Crippen LogP) is 3.17. The Morgan fingerprint density at radius 3 is 2.50 bits per heavy atom. The lowest BCUT2D eigenvalue weighted by Gasteiger charge is -2.23. The van der Waals surface area contributed by atoms with E-state index in [1.807, 2.05) is 67.4 Å². The van der Waals surface area contributed by atoms with Crippen LogP contribution in [0.2, 0.25) is 0 Å². The molecule has 0 aliphatic heterocycles. The lowest BCUT2D eigenvalue weighted by atomic mass is 10.1. The SMILES string of the molecule is COc1cccc(N(C)CC(O)c2ccc(C)cc2)c1. The van der Waals surface area contributed by atoms with Gasteiger partial charge in [0.05, 0.1) is 13.2 Å². The molecule has 1 N–H and O–H groups in total. The molecule has 2 aromatic carbocycles. The van der Waals surface area contributed by atoms with Gasteiger partial charge in [-0.15, -0.1) is 0 Å². The number of aliphatic hydroxyl groups excluding tert-OH is 1. The van der Waals surface area contributed by atoms with E-state index in [2.05, 4.69) is 0 Å². The second-order valence-electron chi connectivity index (χ2n) is 5.01. The van der Waals surface area contributed by atoms with Crippen LogP contribution in [0.4, 0.5) is 5.69 Å². The van der Waals surface area contributed by atoms with Gasteiger partial charge in [-0.2, -0.15) is 0 Å². The topological polar surface area (TPSA) is 32.7 Å². The Morgan fingerprint density at radius 2 is 1.85 bits per heavy atom. The van der Waals surface area contributed by atoms with Crippen molar-refractivity contribution < 1.29 is 9.84 Å². The van der Waals surface area contributed by atoms with Crippen molar-refractivity contribution in [1.29, 1.82) is 0 Å². The van der Waals surface area contributed by atoms with Gasteiger partial charge in [0, 0.05) is 25.3 Å². The van der Waals surface area contributed by atoms with Gasteiger partial charge in [-0.05, 0) is 24.6 Å². The standard InChI is InChI=1S/C17H21NO2/c1-13-7-9-14(10-8-13)17(19)12-18(2)15-5-4-6-16(11-15)20-3/h4-11,17,19H,12H2,1-3H3. The molecule has 1 atom stereocenters. The molecule has 1 unspecified atom stereocenters. The molecule has 0 saturated heterocycles. The van der Waals surface area contributed by atoms with Crippen LogP contribution in [0, 0.1) is 6.92 Å². The van der Waals surface area contributed by atoms with E-state index in [9.17, 15) is 5.11 Å². The van der Waals surface area contributed by atoms with Crippen LogP contribution in [-0.4, -0.2) is 25.8 Å². The average molecular weight is 271 g/mol. The minimum atomic E-state index is -0.508. The zero-order valence-electron chi connectivity index (χ0n) is 12.2. The quantitative estimate of drug-likeness (QED) is 0.906. The van der Waals surface area contributed by atoms with Crippen LogP contribution in [0.25, 0.3) is 0 Å². The van der Waals surface area contributed by atoms with E-state index >= 15 is 0 Å². The fourth-order valence-electron chi connectivity index (χ4n) is 2.11. The van der Waals surface area contributed by atoms with Crippen LogP contribution < -0.4 is 9.64 Å². The lowest BCUT2D eigenvalue weighted by molar-refractivity contribution is 0.185. The molecule has 0 aliphatic carbocycles. The molecule has 0 aliphatic rings. The molecule has 0 aromatic heterocycles. The molecule has 0 amide bonds. The van der Waals surface area contributed by atoms with E-state index in [1.54, 1.807) is 7.11 Å². The number of nitrogens with zero attached hydrogens (tertiary/aromatic N) is 1. The van der Waals surface area contributed by atoms with Crippen LogP contribution in [0.3, 0.4) is 0 Å². The van der Waals surface area contributed by atoms with Gasteiger partial charge in [0.1, 0.15) is 5.75 Å². The number of aliphatic hydroxyl groups is 1. The van der Waals surface area contributed by atoms with Gasteiger partial charge in [0.15, 0.2) is 0 Å². The third-order valence-electron chi connectivity index (χ3n) is 3.40. The molecule has 106 valence electrons. The Balaban J connectivity index is 2.06. The minimum Gasteiger partial charge on any atom is -0.497 e. The summed E-state index contributed by atoms with van der Waals surface area (Å²) >= 11 is 0. The second kappa shape index (κ2) is 6.44. The number of methoxy groups -OCH3 is 1. The number of anilines is 1. The first-order valence-electron chi connectivity index (χ1n) is 6.70. The summed E-state index contributed by atoms with van der Waals surface area (Å²) in [6.07, 6.45) is -0.508. The summed E-state index contributed by atoms with van der Waals surface area (Å²) in [6, 6.07) is 15.8. The molecule has 2 rings (SSSR count). The number of ether oxygens (including phenoxy) is 1. The maximum absolute atomic E-state index is 10.3. The average Bonchev–Trinajstić information content (AvgIpc) is 2.47. The molecule has 0 spiro atoms. The molecule has 2 aromatic rings.